The van der Waals surface area contributed by atoms with Gasteiger partial charge < -0.3 is 0 Å². The van der Waals surface area contributed by atoms with Gasteiger partial charge in [0.1, 0.15) is 5.84 Å². The van der Waals surface area contributed by atoms with Crippen molar-refractivity contribution in [2.24, 2.45) is 4.99 Å². The van der Waals surface area contributed by atoms with Crippen LogP contribution in [0.3, 0.4) is 0 Å². The van der Waals surface area contributed by atoms with Crippen molar-refractivity contribution in [2.75, 3.05) is 0 Å². The second-order valence-electron chi connectivity index (χ2n) is 5.12. The van der Waals surface area contributed by atoms with E-state index in [1.807, 2.05) is 43.3 Å². The first-order valence-corrected chi connectivity index (χ1v) is 8.28. The molecule has 4 nitrogen and oxygen atoms in total. The van der Waals surface area contributed by atoms with E-state index in [1.54, 1.807) is 18.2 Å². The standard InChI is InChI=1S/C16H16N2O2S/c1-12(11-13-7-3-2-4-8-13)17-16-14-9-5-6-10-15(14)21(19,20)18-16/h2-10,12H,11H2,1H3,(H,17,18)/t12-/m0/s1. The van der Waals surface area contributed by atoms with Gasteiger partial charge in [0.15, 0.2) is 0 Å². The van der Waals surface area contributed by atoms with E-state index in [-0.39, 0.29) is 6.04 Å². The second-order valence-corrected chi connectivity index (χ2v) is 6.77. The van der Waals surface area contributed by atoms with Gasteiger partial charge in [-0.1, -0.05) is 42.5 Å². The molecule has 0 saturated heterocycles. The molecule has 2 aromatic rings. The minimum absolute atomic E-state index is 0.00347. The first kappa shape index (κ1) is 13.8. The van der Waals surface area contributed by atoms with Crippen molar-refractivity contribution in [3.63, 3.8) is 0 Å². The third kappa shape index (κ3) is 2.83. The number of rotatable bonds is 3. The monoisotopic (exact) mass is 300 g/mol. The van der Waals surface area contributed by atoms with Crippen molar-refractivity contribution in [2.45, 2.75) is 24.3 Å². The molecule has 2 aromatic carbocycles. The van der Waals surface area contributed by atoms with Gasteiger partial charge in [0.2, 0.25) is 0 Å². The fraction of sp³-hybridized carbons (Fsp3) is 0.188. The smallest absolute Gasteiger partial charge is 0.263 e. The highest BCUT2D eigenvalue weighted by Crippen LogP contribution is 2.22. The lowest BCUT2D eigenvalue weighted by atomic mass is 10.1. The van der Waals surface area contributed by atoms with E-state index in [9.17, 15) is 8.42 Å². The van der Waals surface area contributed by atoms with E-state index >= 15 is 0 Å². The molecule has 0 saturated carbocycles. The van der Waals surface area contributed by atoms with Crippen LogP contribution in [0.15, 0.2) is 64.5 Å². The fourth-order valence-electron chi connectivity index (χ4n) is 2.45. The summed E-state index contributed by atoms with van der Waals surface area (Å²) in [7, 11) is -3.45. The zero-order valence-electron chi connectivity index (χ0n) is 11.7. The summed E-state index contributed by atoms with van der Waals surface area (Å²) < 4.78 is 26.6. The van der Waals surface area contributed by atoms with Crippen molar-refractivity contribution in [3.05, 3.63) is 65.7 Å². The van der Waals surface area contributed by atoms with E-state index in [0.29, 0.717) is 16.3 Å². The zero-order valence-corrected chi connectivity index (χ0v) is 12.5. The molecule has 0 amide bonds. The SMILES string of the molecule is C[C@@H](Cc1ccccc1)N=C1NS(=O)(=O)c2ccccc21. The molecular weight excluding hydrogens is 284 g/mol. The summed E-state index contributed by atoms with van der Waals surface area (Å²) in [6, 6.07) is 17.0. The molecule has 0 aliphatic carbocycles. The van der Waals surface area contributed by atoms with Gasteiger partial charge in [-0.3, -0.25) is 9.71 Å². The van der Waals surface area contributed by atoms with Crippen LogP contribution in [0.4, 0.5) is 0 Å². The molecule has 21 heavy (non-hydrogen) atoms. The Labute approximate surface area is 124 Å². The molecule has 1 aliphatic rings. The Morgan fingerprint density at radius 1 is 1.05 bits per heavy atom. The van der Waals surface area contributed by atoms with E-state index < -0.39 is 10.0 Å². The Morgan fingerprint density at radius 3 is 2.48 bits per heavy atom. The van der Waals surface area contributed by atoms with Crippen molar-refractivity contribution < 1.29 is 8.42 Å². The quantitative estimate of drug-likeness (QED) is 0.946. The van der Waals surface area contributed by atoms with Crippen LogP contribution >= 0.6 is 0 Å². The number of hydrogen-bond donors (Lipinski definition) is 1. The van der Waals surface area contributed by atoms with Crippen LogP contribution in [0.2, 0.25) is 0 Å². The maximum atomic E-state index is 12.0. The highest BCUT2D eigenvalue weighted by Gasteiger charge is 2.30. The van der Waals surface area contributed by atoms with Gasteiger partial charge >= 0.3 is 0 Å². The van der Waals surface area contributed by atoms with Crippen molar-refractivity contribution in [1.82, 2.24) is 4.72 Å². The molecule has 1 aliphatic heterocycles. The number of fused-ring (bicyclic) bond motifs is 1. The molecule has 0 aromatic heterocycles. The van der Waals surface area contributed by atoms with Gasteiger partial charge in [0.05, 0.1) is 10.9 Å². The van der Waals surface area contributed by atoms with E-state index in [0.717, 1.165) is 6.42 Å². The van der Waals surface area contributed by atoms with Crippen LogP contribution in [0.1, 0.15) is 18.1 Å². The molecule has 1 N–H and O–H groups in total. The van der Waals surface area contributed by atoms with E-state index in [1.165, 1.54) is 5.56 Å². The number of amidine groups is 1. The minimum atomic E-state index is -3.45. The lowest BCUT2D eigenvalue weighted by molar-refractivity contribution is 0.595. The lowest BCUT2D eigenvalue weighted by Crippen LogP contribution is -2.24. The van der Waals surface area contributed by atoms with Gasteiger partial charge in [0, 0.05) is 5.56 Å². The minimum Gasteiger partial charge on any atom is -0.264 e. The topological polar surface area (TPSA) is 58.5 Å². The first-order valence-electron chi connectivity index (χ1n) is 6.80. The largest absolute Gasteiger partial charge is 0.264 e. The van der Waals surface area contributed by atoms with Crippen molar-refractivity contribution in [1.29, 1.82) is 0 Å². The summed E-state index contributed by atoms with van der Waals surface area (Å²) in [5, 5.41) is 0. The predicted molar refractivity (Wildman–Crippen MR) is 82.9 cm³/mol. The molecule has 5 heteroatoms. The molecule has 0 fully saturated rings. The van der Waals surface area contributed by atoms with Crippen molar-refractivity contribution in [3.8, 4) is 0 Å². The average molecular weight is 300 g/mol. The normalized spacial score (nSPS) is 19.0. The first-order chi connectivity index (χ1) is 10.1. The number of nitrogens with zero attached hydrogens (tertiary/aromatic N) is 1. The molecule has 0 radical (unpaired) electrons. The summed E-state index contributed by atoms with van der Waals surface area (Å²) in [6.45, 7) is 1.98. The highest BCUT2D eigenvalue weighted by atomic mass is 32.2. The molecule has 0 spiro atoms. The Bertz CT molecular complexity index is 783. The summed E-state index contributed by atoms with van der Waals surface area (Å²) in [5.74, 6) is 0.439. The number of nitrogens with one attached hydrogen (secondary N) is 1. The Balaban J connectivity index is 1.88. The molecule has 1 atom stereocenters. The van der Waals surface area contributed by atoms with Gasteiger partial charge in [-0.2, -0.15) is 0 Å². The van der Waals surface area contributed by atoms with Gasteiger partial charge in [-0.15, -0.1) is 0 Å². The zero-order chi connectivity index (χ0) is 14.9. The van der Waals surface area contributed by atoms with Gasteiger partial charge in [-0.25, -0.2) is 8.42 Å². The van der Waals surface area contributed by atoms with E-state index in [2.05, 4.69) is 9.71 Å². The summed E-state index contributed by atoms with van der Waals surface area (Å²) in [5.41, 5.74) is 1.83. The van der Waals surface area contributed by atoms with Crippen LogP contribution in [-0.4, -0.2) is 20.3 Å². The molecular formula is C16H16N2O2S. The Morgan fingerprint density at radius 2 is 1.71 bits per heavy atom. The van der Waals surface area contributed by atoms with Gasteiger partial charge in [0.25, 0.3) is 10.0 Å². The van der Waals surface area contributed by atoms with Crippen LogP contribution in [0.25, 0.3) is 0 Å². The number of sulfonamides is 1. The Kier molecular flexibility index (Phi) is 3.51. The second kappa shape index (κ2) is 5.33. The van der Waals surface area contributed by atoms with Crippen LogP contribution in [0.5, 0.6) is 0 Å². The Hall–Kier alpha value is -2.14. The average Bonchev–Trinajstić information content (AvgIpc) is 2.72. The maximum Gasteiger partial charge on any atom is 0.263 e. The molecule has 3 rings (SSSR count). The summed E-state index contributed by atoms with van der Waals surface area (Å²) in [4.78, 5) is 4.84. The van der Waals surface area contributed by atoms with Crippen LogP contribution in [-0.2, 0) is 16.4 Å². The predicted octanol–water partition coefficient (Wildman–Crippen LogP) is 2.36. The fourth-order valence-corrected chi connectivity index (χ4v) is 3.69. The van der Waals surface area contributed by atoms with Crippen molar-refractivity contribution >= 4 is 15.9 Å². The molecule has 108 valence electrons. The maximum absolute atomic E-state index is 12.0. The van der Waals surface area contributed by atoms with Gasteiger partial charge in [-0.05, 0) is 31.0 Å². The highest BCUT2D eigenvalue weighted by molar-refractivity contribution is 7.90. The summed E-state index contributed by atoms with van der Waals surface area (Å²) >= 11 is 0. The third-order valence-corrected chi connectivity index (χ3v) is 4.78. The third-order valence-electron chi connectivity index (χ3n) is 3.39. The van der Waals surface area contributed by atoms with Crippen LogP contribution in [0, 0.1) is 0 Å². The van der Waals surface area contributed by atoms with E-state index in [4.69, 9.17) is 0 Å². The molecule has 0 unspecified atom stereocenters. The number of aliphatic imine (C=N–C) groups is 1. The number of hydrogen-bond acceptors (Lipinski definition) is 3. The molecule has 1 heterocycles. The van der Waals surface area contributed by atoms with Crippen LogP contribution < -0.4 is 4.72 Å². The lowest BCUT2D eigenvalue weighted by Gasteiger charge is -2.08. The summed E-state index contributed by atoms with van der Waals surface area (Å²) in [6.07, 6.45) is 0.772. The molecule has 0 bridgehead atoms. The number of benzene rings is 2.